The zero-order valence-electron chi connectivity index (χ0n) is 28.6. The van der Waals surface area contributed by atoms with Gasteiger partial charge in [0.25, 0.3) is 0 Å². The van der Waals surface area contributed by atoms with Gasteiger partial charge in [0.2, 0.25) is 9.84 Å². The molecule has 254 valence electrons. The van der Waals surface area contributed by atoms with E-state index in [0.717, 1.165) is 66.8 Å². The molecule has 0 bridgehead atoms. The maximum Gasteiger partial charge on any atom is 0.206 e. The summed E-state index contributed by atoms with van der Waals surface area (Å²) in [4.78, 5) is 7.38. The van der Waals surface area contributed by atoms with E-state index in [2.05, 4.69) is 136 Å². The SMILES string of the molecule is O=S(=O)(c1ccccc1)c1ccc(-c2ccc(-c3ccc(-n4c5ccncc5c5cc(N(c6ccccc6)c6ccccc6)ccc54)cc3)cc2)cc1. The fraction of sp³-hybridized carbons (Fsp3) is 0. The molecule has 0 N–H and O–H groups in total. The Morgan fingerprint density at radius 1 is 0.434 bits per heavy atom. The van der Waals surface area contributed by atoms with E-state index in [1.54, 1.807) is 36.4 Å². The van der Waals surface area contributed by atoms with Crippen LogP contribution in [0.25, 0.3) is 49.7 Å². The Kier molecular flexibility index (Phi) is 8.14. The van der Waals surface area contributed by atoms with Gasteiger partial charge in [-0.1, -0.05) is 103 Å². The van der Waals surface area contributed by atoms with E-state index in [1.807, 2.05) is 42.7 Å². The van der Waals surface area contributed by atoms with Crippen molar-refractivity contribution >= 4 is 48.7 Å². The van der Waals surface area contributed by atoms with E-state index < -0.39 is 9.84 Å². The van der Waals surface area contributed by atoms with E-state index in [9.17, 15) is 8.42 Å². The van der Waals surface area contributed by atoms with Crippen molar-refractivity contribution in [1.82, 2.24) is 9.55 Å². The number of rotatable bonds is 8. The predicted molar refractivity (Wildman–Crippen MR) is 216 cm³/mol. The van der Waals surface area contributed by atoms with Crippen LogP contribution < -0.4 is 4.90 Å². The molecule has 53 heavy (non-hydrogen) atoms. The molecule has 2 aromatic heterocycles. The van der Waals surface area contributed by atoms with Gasteiger partial charge in [-0.2, -0.15) is 0 Å². The Hall–Kier alpha value is -6.76. The van der Waals surface area contributed by atoms with Crippen LogP contribution in [0.15, 0.2) is 210 Å². The zero-order valence-corrected chi connectivity index (χ0v) is 29.4. The highest BCUT2D eigenvalue weighted by Crippen LogP contribution is 2.39. The van der Waals surface area contributed by atoms with Gasteiger partial charge in [-0.25, -0.2) is 8.42 Å². The third-order valence-corrected chi connectivity index (χ3v) is 11.5. The summed E-state index contributed by atoms with van der Waals surface area (Å²) in [6.45, 7) is 0. The molecule has 7 aromatic carbocycles. The second-order valence-corrected chi connectivity index (χ2v) is 14.9. The van der Waals surface area contributed by atoms with Gasteiger partial charge in [0.1, 0.15) is 0 Å². The first-order valence-electron chi connectivity index (χ1n) is 17.4. The number of anilines is 3. The molecular formula is C47H33N3O2S. The predicted octanol–water partition coefficient (Wildman–Crippen LogP) is 11.8. The Morgan fingerprint density at radius 2 is 0.906 bits per heavy atom. The Morgan fingerprint density at radius 3 is 1.47 bits per heavy atom. The number of para-hydroxylation sites is 2. The monoisotopic (exact) mass is 703 g/mol. The lowest BCUT2D eigenvalue weighted by Gasteiger charge is -2.25. The van der Waals surface area contributed by atoms with Crippen LogP contribution in [0.4, 0.5) is 17.1 Å². The van der Waals surface area contributed by atoms with Gasteiger partial charge in [-0.15, -0.1) is 0 Å². The van der Waals surface area contributed by atoms with Gasteiger partial charge in [0, 0.05) is 45.9 Å². The standard InChI is InChI=1S/C47H33N3O2S/c51-53(52,42-14-8-3-9-15-42)43-27-22-37(23-28-43)35-18-16-34(17-19-35)36-20-24-40(25-21-36)50-46-29-26-41(32-44(46)45-33-48-31-30-47(45)50)49(38-10-4-1-5-11-38)39-12-6-2-7-13-39/h1-33H. The molecule has 2 heterocycles. The van der Waals surface area contributed by atoms with Gasteiger partial charge >= 0.3 is 0 Å². The minimum absolute atomic E-state index is 0.283. The lowest BCUT2D eigenvalue weighted by molar-refractivity contribution is 0.596. The molecule has 0 unspecified atom stereocenters. The van der Waals surface area contributed by atoms with Crippen LogP contribution in [-0.4, -0.2) is 18.0 Å². The quantitative estimate of drug-likeness (QED) is 0.158. The molecule has 0 aliphatic heterocycles. The van der Waals surface area contributed by atoms with Crippen LogP contribution >= 0.6 is 0 Å². The maximum absolute atomic E-state index is 13.0. The highest BCUT2D eigenvalue weighted by Gasteiger charge is 2.19. The van der Waals surface area contributed by atoms with E-state index >= 15 is 0 Å². The maximum atomic E-state index is 13.0. The first-order chi connectivity index (χ1) is 26.0. The van der Waals surface area contributed by atoms with Crippen LogP contribution in [0.1, 0.15) is 0 Å². The van der Waals surface area contributed by atoms with Crippen molar-refractivity contribution < 1.29 is 8.42 Å². The third-order valence-electron chi connectivity index (χ3n) is 9.73. The highest BCUT2D eigenvalue weighted by atomic mass is 32.2. The number of sulfone groups is 1. The number of pyridine rings is 1. The minimum atomic E-state index is -3.56. The lowest BCUT2D eigenvalue weighted by Crippen LogP contribution is -2.09. The molecule has 0 saturated carbocycles. The van der Waals surface area contributed by atoms with E-state index in [1.165, 1.54) is 0 Å². The normalized spacial score (nSPS) is 11.5. The summed E-state index contributed by atoms with van der Waals surface area (Å²) in [5.74, 6) is 0. The number of nitrogens with zero attached hydrogens (tertiary/aromatic N) is 3. The molecule has 0 atom stereocenters. The van der Waals surface area contributed by atoms with Gasteiger partial charge in [-0.05, 0) is 107 Å². The van der Waals surface area contributed by atoms with E-state index in [4.69, 9.17) is 0 Å². The van der Waals surface area contributed by atoms with Crippen molar-refractivity contribution in [1.29, 1.82) is 0 Å². The van der Waals surface area contributed by atoms with Crippen LogP contribution in [-0.2, 0) is 9.84 Å². The molecule has 0 fully saturated rings. The number of benzene rings is 7. The fourth-order valence-electron chi connectivity index (χ4n) is 7.09. The van der Waals surface area contributed by atoms with Crippen LogP contribution in [0, 0.1) is 0 Å². The smallest absolute Gasteiger partial charge is 0.206 e. The first-order valence-corrected chi connectivity index (χ1v) is 18.9. The molecule has 0 aliphatic carbocycles. The van der Waals surface area contributed by atoms with Gasteiger partial charge < -0.3 is 9.47 Å². The number of aromatic nitrogens is 2. The third kappa shape index (κ3) is 5.95. The number of fused-ring (bicyclic) bond motifs is 3. The molecule has 9 rings (SSSR count). The molecule has 0 saturated heterocycles. The van der Waals surface area contributed by atoms with E-state index in [-0.39, 0.29) is 4.90 Å². The van der Waals surface area contributed by atoms with Crippen molar-refractivity contribution in [2.45, 2.75) is 9.79 Å². The molecule has 5 nitrogen and oxygen atoms in total. The lowest BCUT2D eigenvalue weighted by atomic mass is 10.0. The molecule has 0 aliphatic rings. The molecule has 0 spiro atoms. The number of hydrogen-bond donors (Lipinski definition) is 0. The number of hydrogen-bond acceptors (Lipinski definition) is 4. The summed E-state index contributed by atoms with van der Waals surface area (Å²) < 4.78 is 28.4. The Bertz CT molecular complexity index is 2760. The average molecular weight is 704 g/mol. The summed E-state index contributed by atoms with van der Waals surface area (Å²) >= 11 is 0. The van der Waals surface area contributed by atoms with Crippen molar-refractivity contribution in [2.75, 3.05) is 4.90 Å². The average Bonchev–Trinajstić information content (AvgIpc) is 3.56. The molecular weight excluding hydrogens is 671 g/mol. The van der Waals surface area contributed by atoms with Crippen LogP contribution in [0.3, 0.4) is 0 Å². The molecule has 6 heteroatoms. The molecule has 0 radical (unpaired) electrons. The molecule has 9 aromatic rings. The zero-order chi connectivity index (χ0) is 35.8. The summed E-state index contributed by atoms with van der Waals surface area (Å²) in [6.07, 6.45) is 3.81. The van der Waals surface area contributed by atoms with Gasteiger partial charge in [-0.3, -0.25) is 4.98 Å². The van der Waals surface area contributed by atoms with Crippen molar-refractivity contribution in [3.63, 3.8) is 0 Å². The topological polar surface area (TPSA) is 55.2 Å². The first kappa shape index (κ1) is 32.2. The van der Waals surface area contributed by atoms with Crippen LogP contribution in [0.5, 0.6) is 0 Å². The van der Waals surface area contributed by atoms with Gasteiger partial charge in [0.15, 0.2) is 0 Å². The Balaban J connectivity index is 1.02. The summed E-state index contributed by atoms with van der Waals surface area (Å²) in [7, 11) is -3.56. The highest BCUT2D eigenvalue weighted by molar-refractivity contribution is 7.91. The van der Waals surface area contributed by atoms with Crippen LogP contribution in [0.2, 0.25) is 0 Å². The van der Waals surface area contributed by atoms with E-state index in [0.29, 0.717) is 4.90 Å². The van der Waals surface area contributed by atoms with Crippen molar-refractivity contribution in [3.05, 3.63) is 200 Å². The fourth-order valence-corrected chi connectivity index (χ4v) is 8.38. The summed E-state index contributed by atoms with van der Waals surface area (Å²) in [6, 6.07) is 62.3. The minimum Gasteiger partial charge on any atom is -0.310 e. The van der Waals surface area contributed by atoms with Gasteiger partial charge in [0.05, 0.1) is 20.8 Å². The second kappa shape index (κ2) is 13.4. The second-order valence-electron chi connectivity index (χ2n) is 12.9. The van der Waals surface area contributed by atoms with Crippen molar-refractivity contribution in [2.24, 2.45) is 0 Å². The summed E-state index contributed by atoms with van der Waals surface area (Å²) in [5.41, 5.74) is 10.7. The Labute approximate surface area is 308 Å². The van der Waals surface area contributed by atoms with Crippen molar-refractivity contribution in [3.8, 4) is 27.9 Å². The largest absolute Gasteiger partial charge is 0.310 e. The molecule has 0 amide bonds. The summed E-state index contributed by atoms with van der Waals surface area (Å²) in [5, 5.41) is 2.23.